The normalized spacial score (nSPS) is 11.5. The number of carbonyl (C=O) groups is 1. The van der Waals surface area contributed by atoms with Crippen molar-refractivity contribution in [2.75, 3.05) is 16.0 Å². The number of hydrogen-bond donors (Lipinski definition) is 3. The minimum atomic E-state index is -0.432. The van der Waals surface area contributed by atoms with E-state index >= 15 is 0 Å². The van der Waals surface area contributed by atoms with Gasteiger partial charge in [0, 0.05) is 21.7 Å². The van der Waals surface area contributed by atoms with E-state index in [1.165, 1.54) is 28.7 Å². The number of aryl methyl sites for hydroxylation is 2. The van der Waals surface area contributed by atoms with Crippen molar-refractivity contribution in [3.63, 3.8) is 0 Å². The van der Waals surface area contributed by atoms with Crippen LogP contribution in [0.2, 0.25) is 0 Å². The maximum Gasteiger partial charge on any atom is 0.244 e. The van der Waals surface area contributed by atoms with Crippen LogP contribution < -0.4 is 16.0 Å². The molecule has 0 fully saturated rings. The molecule has 8 heteroatoms. The first-order valence-corrected chi connectivity index (χ1v) is 12.8. The van der Waals surface area contributed by atoms with Crippen LogP contribution in [0.4, 0.5) is 16.5 Å². The van der Waals surface area contributed by atoms with Crippen molar-refractivity contribution in [2.24, 2.45) is 0 Å². The predicted octanol–water partition coefficient (Wildman–Crippen LogP) is 7.04. The van der Waals surface area contributed by atoms with Gasteiger partial charge in [-0.2, -0.15) is 0 Å². The Balaban J connectivity index is 1.48. The lowest BCUT2D eigenvalue weighted by Gasteiger charge is -2.17. The van der Waals surface area contributed by atoms with Crippen LogP contribution in [0.25, 0.3) is 0 Å². The monoisotopic (exact) mass is 504 g/mol. The third-order valence-electron chi connectivity index (χ3n) is 4.84. The highest BCUT2D eigenvalue weighted by Gasteiger charge is 2.23. The number of thioether (sulfide) groups is 1. The second kappa shape index (κ2) is 11.3. The number of amides is 1. The smallest absolute Gasteiger partial charge is 0.244 e. The SMILES string of the molecule is Cc1ccc(NC(=S)Nc2cccc(SC(C(=O)Nc3nc(C)cs3)c3ccccc3)c2)cc1. The van der Waals surface area contributed by atoms with Crippen LogP contribution in [0.5, 0.6) is 0 Å². The van der Waals surface area contributed by atoms with E-state index in [1.807, 2.05) is 98.1 Å². The van der Waals surface area contributed by atoms with Crippen LogP contribution in [-0.2, 0) is 4.79 Å². The zero-order valence-corrected chi connectivity index (χ0v) is 21.2. The molecular weight excluding hydrogens is 481 g/mol. The molecule has 0 saturated carbocycles. The van der Waals surface area contributed by atoms with E-state index in [-0.39, 0.29) is 5.91 Å². The van der Waals surface area contributed by atoms with Crippen LogP contribution in [0.1, 0.15) is 22.1 Å². The fourth-order valence-corrected chi connectivity index (χ4v) is 5.21. The van der Waals surface area contributed by atoms with E-state index in [4.69, 9.17) is 12.2 Å². The van der Waals surface area contributed by atoms with E-state index in [0.717, 1.165) is 27.5 Å². The molecule has 0 radical (unpaired) electrons. The summed E-state index contributed by atoms with van der Waals surface area (Å²) in [6, 6.07) is 25.7. The number of thiazole rings is 1. The van der Waals surface area contributed by atoms with Gasteiger partial charge in [-0.25, -0.2) is 4.98 Å². The summed E-state index contributed by atoms with van der Waals surface area (Å²) in [7, 11) is 0. The van der Waals surface area contributed by atoms with Gasteiger partial charge in [-0.3, -0.25) is 4.79 Å². The topological polar surface area (TPSA) is 66.0 Å². The molecule has 0 spiro atoms. The van der Waals surface area contributed by atoms with Crippen molar-refractivity contribution in [3.8, 4) is 0 Å². The summed E-state index contributed by atoms with van der Waals surface area (Å²) in [5.74, 6) is -0.111. The van der Waals surface area contributed by atoms with Crippen molar-refractivity contribution >= 4 is 62.8 Å². The van der Waals surface area contributed by atoms with E-state index in [0.29, 0.717) is 10.2 Å². The fourth-order valence-electron chi connectivity index (χ4n) is 3.20. The van der Waals surface area contributed by atoms with E-state index < -0.39 is 5.25 Å². The molecule has 0 aliphatic rings. The van der Waals surface area contributed by atoms with Gasteiger partial charge in [-0.05, 0) is 62.0 Å². The summed E-state index contributed by atoms with van der Waals surface area (Å²) in [6.07, 6.45) is 0. The molecule has 1 heterocycles. The first-order valence-electron chi connectivity index (χ1n) is 10.7. The quantitative estimate of drug-likeness (QED) is 0.185. The van der Waals surface area contributed by atoms with Crippen molar-refractivity contribution in [3.05, 3.63) is 101 Å². The van der Waals surface area contributed by atoms with Crippen LogP contribution in [0.15, 0.2) is 89.1 Å². The van der Waals surface area contributed by atoms with Gasteiger partial charge in [-0.1, -0.05) is 54.1 Å². The first-order chi connectivity index (χ1) is 16.5. The van der Waals surface area contributed by atoms with Crippen molar-refractivity contribution in [2.45, 2.75) is 24.0 Å². The molecule has 3 N–H and O–H groups in total. The molecule has 0 bridgehead atoms. The Bertz CT molecular complexity index is 1270. The molecule has 1 atom stereocenters. The largest absolute Gasteiger partial charge is 0.332 e. The third kappa shape index (κ3) is 6.66. The summed E-state index contributed by atoms with van der Waals surface area (Å²) in [5, 5.41) is 12.0. The van der Waals surface area contributed by atoms with Crippen LogP contribution in [0, 0.1) is 13.8 Å². The molecule has 1 aromatic heterocycles. The molecule has 0 aliphatic carbocycles. The molecule has 1 amide bonds. The number of nitrogens with one attached hydrogen (secondary N) is 3. The fraction of sp³-hybridized carbons (Fsp3) is 0.115. The Kier molecular flexibility index (Phi) is 7.95. The standard InChI is InChI=1S/C26H24N4OS3/c1-17-11-13-20(14-12-17)28-25(32)29-21-9-6-10-22(15-21)34-23(19-7-4-3-5-8-19)24(31)30-26-27-18(2)16-33-26/h3-16,23H,1-2H3,(H,27,30,31)(H2,28,29,32). The van der Waals surface area contributed by atoms with Crippen molar-refractivity contribution in [1.29, 1.82) is 0 Å². The number of aromatic nitrogens is 1. The van der Waals surface area contributed by atoms with E-state index in [2.05, 4.69) is 20.9 Å². The molecule has 0 saturated heterocycles. The van der Waals surface area contributed by atoms with Gasteiger partial charge in [-0.15, -0.1) is 23.1 Å². The molecule has 34 heavy (non-hydrogen) atoms. The highest BCUT2D eigenvalue weighted by Crippen LogP contribution is 2.37. The van der Waals surface area contributed by atoms with Gasteiger partial charge in [0.25, 0.3) is 0 Å². The summed E-state index contributed by atoms with van der Waals surface area (Å²) >= 11 is 8.38. The van der Waals surface area contributed by atoms with Crippen molar-refractivity contribution in [1.82, 2.24) is 4.98 Å². The lowest BCUT2D eigenvalue weighted by Crippen LogP contribution is -2.19. The zero-order valence-electron chi connectivity index (χ0n) is 18.7. The number of thiocarbonyl (C=S) groups is 1. The summed E-state index contributed by atoms with van der Waals surface area (Å²) in [5.41, 5.74) is 4.77. The molecule has 1 unspecified atom stereocenters. The lowest BCUT2D eigenvalue weighted by atomic mass is 10.1. The highest BCUT2D eigenvalue weighted by molar-refractivity contribution is 8.00. The van der Waals surface area contributed by atoms with E-state index in [9.17, 15) is 4.79 Å². The van der Waals surface area contributed by atoms with Gasteiger partial charge in [0.05, 0.1) is 5.69 Å². The number of hydrogen-bond acceptors (Lipinski definition) is 5. The summed E-state index contributed by atoms with van der Waals surface area (Å²) < 4.78 is 0. The lowest BCUT2D eigenvalue weighted by molar-refractivity contribution is -0.115. The molecule has 3 aromatic carbocycles. The van der Waals surface area contributed by atoms with Crippen LogP contribution >= 0.6 is 35.3 Å². The van der Waals surface area contributed by atoms with Gasteiger partial charge in [0.2, 0.25) is 5.91 Å². The minimum Gasteiger partial charge on any atom is -0.332 e. The minimum absolute atomic E-state index is 0.111. The number of carbonyl (C=O) groups excluding carboxylic acids is 1. The Hall–Kier alpha value is -3.20. The molecule has 4 rings (SSSR count). The number of rotatable bonds is 7. The first kappa shape index (κ1) is 23.9. The average Bonchev–Trinajstić information content (AvgIpc) is 3.24. The number of benzene rings is 3. The maximum absolute atomic E-state index is 13.2. The van der Waals surface area contributed by atoms with Crippen LogP contribution in [0.3, 0.4) is 0 Å². The molecular formula is C26H24N4OS3. The molecule has 172 valence electrons. The zero-order chi connectivity index (χ0) is 23.9. The molecule has 5 nitrogen and oxygen atoms in total. The maximum atomic E-state index is 13.2. The highest BCUT2D eigenvalue weighted by atomic mass is 32.2. The summed E-state index contributed by atoms with van der Waals surface area (Å²) in [6.45, 7) is 3.96. The second-order valence-corrected chi connectivity index (χ2v) is 10.1. The Morgan fingerprint density at radius 2 is 1.65 bits per heavy atom. The van der Waals surface area contributed by atoms with Gasteiger partial charge >= 0.3 is 0 Å². The molecule has 0 aliphatic heterocycles. The van der Waals surface area contributed by atoms with Gasteiger partial charge in [0.1, 0.15) is 5.25 Å². The Morgan fingerprint density at radius 3 is 2.35 bits per heavy atom. The second-order valence-electron chi connectivity index (χ2n) is 7.66. The van der Waals surface area contributed by atoms with Crippen molar-refractivity contribution < 1.29 is 4.79 Å². The van der Waals surface area contributed by atoms with E-state index in [1.54, 1.807) is 0 Å². The predicted molar refractivity (Wildman–Crippen MR) is 148 cm³/mol. The number of anilines is 3. The number of nitrogens with zero attached hydrogens (tertiary/aromatic N) is 1. The van der Waals surface area contributed by atoms with Gasteiger partial charge in [0.15, 0.2) is 10.2 Å². The average molecular weight is 505 g/mol. The molecule has 4 aromatic rings. The van der Waals surface area contributed by atoms with Crippen LogP contribution in [-0.4, -0.2) is 16.0 Å². The summed E-state index contributed by atoms with van der Waals surface area (Å²) in [4.78, 5) is 18.5. The van der Waals surface area contributed by atoms with Gasteiger partial charge < -0.3 is 16.0 Å². The Morgan fingerprint density at radius 1 is 0.912 bits per heavy atom. The third-order valence-corrected chi connectivity index (χ3v) is 7.17. The Labute approximate surface area is 213 Å².